The van der Waals surface area contributed by atoms with Crippen molar-refractivity contribution in [1.29, 1.82) is 0 Å². The van der Waals surface area contributed by atoms with E-state index >= 15 is 0 Å². The Balaban J connectivity index is 2.23. The van der Waals surface area contributed by atoms with E-state index in [-0.39, 0.29) is 12.1 Å². The fourth-order valence-corrected chi connectivity index (χ4v) is 1.99. The van der Waals surface area contributed by atoms with Crippen LogP contribution in [0.2, 0.25) is 0 Å². The number of amides is 1. The molecule has 1 aromatic rings. The highest BCUT2D eigenvalue weighted by Gasteiger charge is 2.33. The Morgan fingerprint density at radius 3 is 3.06 bits per heavy atom. The topological polar surface area (TPSA) is 55.6 Å². The minimum atomic E-state index is -0.267. The van der Waals surface area contributed by atoms with Crippen LogP contribution < -0.4 is 5.73 Å². The summed E-state index contributed by atoms with van der Waals surface area (Å²) in [4.78, 5) is 13.2. The molecule has 1 aromatic carbocycles. The summed E-state index contributed by atoms with van der Waals surface area (Å²) >= 11 is 0. The number of benzene rings is 1. The van der Waals surface area contributed by atoms with E-state index in [2.05, 4.69) is 6.07 Å². The van der Waals surface area contributed by atoms with Crippen molar-refractivity contribution < 1.29 is 9.53 Å². The second-order valence-electron chi connectivity index (χ2n) is 3.99. The molecule has 1 saturated heterocycles. The number of rotatable bonds is 3. The highest BCUT2D eigenvalue weighted by Crippen LogP contribution is 2.27. The van der Waals surface area contributed by atoms with Crippen molar-refractivity contribution in [3.63, 3.8) is 0 Å². The summed E-state index contributed by atoms with van der Waals surface area (Å²) in [6, 6.07) is 8.14. The smallest absolute Gasteiger partial charge is 0.410 e. The first-order valence-electron chi connectivity index (χ1n) is 5.42. The van der Waals surface area contributed by atoms with E-state index in [0.29, 0.717) is 19.7 Å². The Labute approximate surface area is 95.0 Å². The van der Waals surface area contributed by atoms with Crippen molar-refractivity contribution in [2.24, 2.45) is 5.73 Å². The number of carbonyl (C=O) groups is 1. The van der Waals surface area contributed by atoms with Gasteiger partial charge in [0.1, 0.15) is 6.61 Å². The third-order valence-electron chi connectivity index (χ3n) is 2.77. The Morgan fingerprint density at radius 2 is 2.38 bits per heavy atom. The summed E-state index contributed by atoms with van der Waals surface area (Å²) < 4.78 is 5.06. The van der Waals surface area contributed by atoms with Crippen LogP contribution in [-0.2, 0) is 4.74 Å². The number of ether oxygens (including phenoxy) is 1. The first-order chi connectivity index (χ1) is 7.72. The van der Waals surface area contributed by atoms with Crippen molar-refractivity contribution in [2.45, 2.75) is 13.0 Å². The fourth-order valence-electron chi connectivity index (χ4n) is 1.99. The second kappa shape index (κ2) is 4.53. The minimum Gasteiger partial charge on any atom is -0.447 e. The monoisotopic (exact) mass is 220 g/mol. The lowest BCUT2D eigenvalue weighted by Gasteiger charge is -2.21. The highest BCUT2D eigenvalue weighted by molar-refractivity contribution is 5.70. The molecule has 16 heavy (non-hydrogen) atoms. The van der Waals surface area contributed by atoms with Crippen LogP contribution in [0.15, 0.2) is 24.3 Å². The molecule has 4 heteroatoms. The van der Waals surface area contributed by atoms with Gasteiger partial charge in [-0.3, -0.25) is 4.90 Å². The Kier molecular flexibility index (Phi) is 3.10. The molecule has 0 aromatic heterocycles. The minimum absolute atomic E-state index is 0.0101. The zero-order valence-corrected chi connectivity index (χ0v) is 9.35. The van der Waals surface area contributed by atoms with Crippen LogP contribution in [0, 0.1) is 6.92 Å². The molecular weight excluding hydrogens is 204 g/mol. The summed E-state index contributed by atoms with van der Waals surface area (Å²) in [6.45, 7) is 3.45. The lowest BCUT2D eigenvalue weighted by atomic mass is 10.0. The Bertz CT molecular complexity index is 392. The normalized spacial score (nSPS) is 20.0. The number of carbonyl (C=O) groups excluding carboxylic acids is 1. The molecule has 1 unspecified atom stereocenters. The first-order valence-corrected chi connectivity index (χ1v) is 5.42. The van der Waals surface area contributed by atoms with Gasteiger partial charge in [-0.1, -0.05) is 29.8 Å². The van der Waals surface area contributed by atoms with Crippen LogP contribution >= 0.6 is 0 Å². The van der Waals surface area contributed by atoms with Crippen molar-refractivity contribution in [2.75, 3.05) is 19.7 Å². The van der Waals surface area contributed by atoms with Crippen LogP contribution in [0.4, 0.5) is 4.79 Å². The fraction of sp³-hybridized carbons (Fsp3) is 0.417. The average molecular weight is 220 g/mol. The average Bonchev–Trinajstić information content (AvgIpc) is 2.61. The molecular formula is C12H16N2O2. The van der Waals surface area contributed by atoms with Crippen molar-refractivity contribution in [3.8, 4) is 0 Å². The van der Waals surface area contributed by atoms with Gasteiger partial charge < -0.3 is 10.5 Å². The van der Waals surface area contributed by atoms with Crippen LogP contribution in [0.25, 0.3) is 0 Å². The summed E-state index contributed by atoms with van der Waals surface area (Å²) in [6.07, 6.45) is -0.267. The van der Waals surface area contributed by atoms with Gasteiger partial charge in [-0.05, 0) is 12.5 Å². The third kappa shape index (κ3) is 2.02. The maximum absolute atomic E-state index is 11.5. The van der Waals surface area contributed by atoms with Gasteiger partial charge in [-0.15, -0.1) is 0 Å². The lowest BCUT2D eigenvalue weighted by molar-refractivity contribution is 0.158. The Hall–Kier alpha value is -1.55. The largest absolute Gasteiger partial charge is 0.447 e. The van der Waals surface area contributed by atoms with Gasteiger partial charge in [-0.2, -0.15) is 0 Å². The number of nitrogens with zero attached hydrogens (tertiary/aromatic N) is 1. The molecule has 2 rings (SSSR count). The predicted molar refractivity (Wildman–Crippen MR) is 61.0 cm³/mol. The predicted octanol–water partition coefficient (Wildman–Crippen LogP) is 1.45. The molecule has 1 atom stereocenters. The van der Waals surface area contributed by atoms with Crippen LogP contribution in [0.5, 0.6) is 0 Å². The molecule has 1 amide bonds. The molecule has 1 fully saturated rings. The van der Waals surface area contributed by atoms with Gasteiger partial charge in [0, 0.05) is 13.1 Å². The number of hydrogen-bond acceptors (Lipinski definition) is 3. The van der Waals surface area contributed by atoms with Gasteiger partial charge in [0.2, 0.25) is 0 Å². The molecule has 0 aliphatic carbocycles. The van der Waals surface area contributed by atoms with E-state index in [1.54, 1.807) is 4.90 Å². The number of aryl methyl sites for hydroxylation is 1. The summed E-state index contributed by atoms with van der Waals surface area (Å²) in [7, 11) is 0. The molecule has 86 valence electrons. The van der Waals surface area contributed by atoms with Gasteiger partial charge >= 0.3 is 6.09 Å². The SMILES string of the molecule is Cc1cccc(C2COC(=O)N2CCN)c1. The molecule has 2 N–H and O–H groups in total. The van der Waals surface area contributed by atoms with Crippen LogP contribution in [-0.4, -0.2) is 30.7 Å². The highest BCUT2D eigenvalue weighted by atomic mass is 16.6. The van der Waals surface area contributed by atoms with E-state index in [0.717, 1.165) is 5.56 Å². The summed E-state index contributed by atoms with van der Waals surface area (Å²) in [5.41, 5.74) is 7.79. The van der Waals surface area contributed by atoms with Gasteiger partial charge in [-0.25, -0.2) is 4.79 Å². The zero-order valence-electron chi connectivity index (χ0n) is 9.35. The van der Waals surface area contributed by atoms with Crippen LogP contribution in [0.3, 0.4) is 0 Å². The lowest BCUT2D eigenvalue weighted by Crippen LogP contribution is -2.32. The maximum Gasteiger partial charge on any atom is 0.410 e. The van der Waals surface area contributed by atoms with Gasteiger partial charge in [0.05, 0.1) is 6.04 Å². The number of hydrogen-bond donors (Lipinski definition) is 1. The zero-order chi connectivity index (χ0) is 11.5. The summed E-state index contributed by atoms with van der Waals surface area (Å²) in [5, 5.41) is 0. The van der Waals surface area contributed by atoms with E-state index in [4.69, 9.17) is 10.5 Å². The van der Waals surface area contributed by atoms with E-state index in [1.165, 1.54) is 5.56 Å². The molecule has 0 bridgehead atoms. The molecule has 0 radical (unpaired) electrons. The van der Waals surface area contributed by atoms with E-state index < -0.39 is 0 Å². The third-order valence-corrected chi connectivity index (χ3v) is 2.77. The van der Waals surface area contributed by atoms with E-state index in [1.807, 2.05) is 25.1 Å². The molecule has 1 aliphatic heterocycles. The first kappa shape index (κ1) is 11.0. The maximum atomic E-state index is 11.5. The molecule has 1 aliphatic rings. The van der Waals surface area contributed by atoms with E-state index in [9.17, 15) is 4.79 Å². The van der Waals surface area contributed by atoms with Crippen molar-refractivity contribution in [1.82, 2.24) is 4.90 Å². The standard InChI is InChI=1S/C12H16N2O2/c1-9-3-2-4-10(7-9)11-8-16-12(15)14(11)6-5-13/h2-4,7,11H,5-6,8,13H2,1H3. The molecule has 0 saturated carbocycles. The van der Waals surface area contributed by atoms with Gasteiger partial charge in [0.15, 0.2) is 0 Å². The molecule has 1 heterocycles. The number of nitrogens with two attached hydrogens (primary N) is 1. The van der Waals surface area contributed by atoms with Crippen molar-refractivity contribution >= 4 is 6.09 Å². The number of cyclic esters (lactones) is 1. The van der Waals surface area contributed by atoms with Gasteiger partial charge in [0.25, 0.3) is 0 Å². The second-order valence-corrected chi connectivity index (χ2v) is 3.99. The van der Waals surface area contributed by atoms with Crippen molar-refractivity contribution in [3.05, 3.63) is 35.4 Å². The summed E-state index contributed by atoms with van der Waals surface area (Å²) in [5.74, 6) is 0. The Morgan fingerprint density at radius 1 is 1.56 bits per heavy atom. The molecule has 0 spiro atoms. The quantitative estimate of drug-likeness (QED) is 0.838. The van der Waals surface area contributed by atoms with Crippen LogP contribution in [0.1, 0.15) is 17.2 Å². The molecule has 4 nitrogen and oxygen atoms in total.